The topological polar surface area (TPSA) is 6.25 Å². The third kappa shape index (κ3) is 1.52. The lowest BCUT2D eigenvalue weighted by Gasteiger charge is -2.29. The first-order valence-corrected chi connectivity index (χ1v) is 4.69. The maximum absolute atomic E-state index is 2.36. The molecule has 2 heteroatoms. The van der Waals surface area contributed by atoms with Crippen molar-refractivity contribution in [2.24, 2.45) is 0 Å². The lowest BCUT2D eigenvalue weighted by atomic mass is 10.2. The van der Waals surface area contributed by atoms with Crippen LogP contribution in [0.15, 0.2) is 11.8 Å². The van der Waals surface area contributed by atoms with Gasteiger partial charge in [0.25, 0.3) is 0 Å². The normalized spacial score (nSPS) is 23.7. The van der Waals surface area contributed by atoms with Crippen LogP contribution in [0.3, 0.4) is 0 Å². The van der Waals surface area contributed by atoms with Crippen LogP contribution >= 0.6 is 0 Å². The molecule has 0 spiro atoms. The van der Waals surface area contributed by atoms with Crippen LogP contribution in [0.25, 0.3) is 0 Å². The van der Waals surface area contributed by atoms with E-state index in [2.05, 4.69) is 49.7 Å². The Morgan fingerprint density at radius 3 is 2.67 bits per heavy atom. The average Bonchev–Trinajstić information content (AvgIpc) is 2.06. The van der Waals surface area contributed by atoms with E-state index in [0.29, 0.717) is 6.17 Å². The molecular formula is C10H19N2+. The van der Waals surface area contributed by atoms with Crippen molar-refractivity contribution in [3.8, 4) is 0 Å². The smallest absolute Gasteiger partial charge is 0.227 e. The van der Waals surface area contributed by atoms with Crippen LogP contribution in [0, 0.1) is 0 Å². The second-order valence-corrected chi connectivity index (χ2v) is 3.33. The Morgan fingerprint density at radius 2 is 2.17 bits per heavy atom. The van der Waals surface area contributed by atoms with Gasteiger partial charge >= 0.3 is 0 Å². The van der Waals surface area contributed by atoms with Crippen LogP contribution < -0.4 is 0 Å². The van der Waals surface area contributed by atoms with Crippen molar-refractivity contribution in [1.82, 2.24) is 4.90 Å². The van der Waals surface area contributed by atoms with E-state index in [0.717, 1.165) is 6.42 Å². The maximum atomic E-state index is 2.36. The predicted molar refractivity (Wildman–Crippen MR) is 52.5 cm³/mol. The molecule has 0 aromatic heterocycles. The highest BCUT2D eigenvalue weighted by Crippen LogP contribution is 2.15. The fraction of sp³-hybridized carbons (Fsp3) is 0.700. The van der Waals surface area contributed by atoms with Gasteiger partial charge in [0, 0.05) is 25.2 Å². The largest absolute Gasteiger partial charge is 0.321 e. The Hall–Kier alpha value is -0.790. The van der Waals surface area contributed by atoms with Crippen molar-refractivity contribution in [2.75, 3.05) is 14.1 Å². The third-order valence-electron chi connectivity index (χ3n) is 2.60. The standard InChI is InChI=1S/C10H19N2/c1-5-9-7-8-11(3)10(6-2)12(9)4/h7-8,10H,5-6H2,1-4H3/q+1. The summed E-state index contributed by atoms with van der Waals surface area (Å²) in [4.78, 5) is 2.36. The van der Waals surface area contributed by atoms with Crippen LogP contribution in [-0.4, -0.2) is 36.0 Å². The Kier molecular flexibility index (Phi) is 2.90. The molecule has 1 aliphatic heterocycles. The number of rotatable bonds is 2. The van der Waals surface area contributed by atoms with E-state index in [1.807, 2.05) is 0 Å². The molecule has 12 heavy (non-hydrogen) atoms. The summed E-state index contributed by atoms with van der Waals surface area (Å²) < 4.78 is 2.26. The Balaban J connectivity index is 2.84. The van der Waals surface area contributed by atoms with E-state index < -0.39 is 0 Å². The molecule has 0 amide bonds. The van der Waals surface area contributed by atoms with Crippen molar-refractivity contribution in [2.45, 2.75) is 32.9 Å². The van der Waals surface area contributed by atoms with Gasteiger partial charge in [-0.3, -0.25) is 0 Å². The Morgan fingerprint density at radius 1 is 1.50 bits per heavy atom. The number of hydrogen-bond donors (Lipinski definition) is 0. The van der Waals surface area contributed by atoms with E-state index >= 15 is 0 Å². The second kappa shape index (κ2) is 3.74. The molecule has 2 nitrogen and oxygen atoms in total. The first kappa shape index (κ1) is 9.30. The van der Waals surface area contributed by atoms with E-state index in [4.69, 9.17) is 0 Å². The molecule has 1 rings (SSSR count). The summed E-state index contributed by atoms with van der Waals surface area (Å²) in [6.45, 7) is 4.43. The van der Waals surface area contributed by atoms with Gasteiger partial charge in [0.05, 0.1) is 0 Å². The van der Waals surface area contributed by atoms with Gasteiger partial charge in [-0.1, -0.05) is 13.8 Å². The quantitative estimate of drug-likeness (QED) is 0.567. The molecule has 1 aliphatic rings. The fourth-order valence-electron chi connectivity index (χ4n) is 1.81. The van der Waals surface area contributed by atoms with Crippen LogP contribution in [0.2, 0.25) is 0 Å². The minimum Gasteiger partial charge on any atom is -0.321 e. The SMILES string of the molecule is CCC1=CC=[N+](C)C(CC)N1C. The molecule has 0 saturated carbocycles. The van der Waals surface area contributed by atoms with E-state index in [1.54, 1.807) is 0 Å². The highest BCUT2D eigenvalue weighted by Gasteiger charge is 2.24. The fourth-order valence-corrected chi connectivity index (χ4v) is 1.81. The van der Waals surface area contributed by atoms with Crippen molar-refractivity contribution in [3.63, 3.8) is 0 Å². The summed E-state index contributed by atoms with van der Waals surface area (Å²) in [7, 11) is 4.31. The van der Waals surface area contributed by atoms with Gasteiger partial charge in [0.1, 0.15) is 7.05 Å². The molecule has 0 fully saturated rings. The minimum atomic E-state index is 0.546. The molecule has 0 aromatic carbocycles. The zero-order chi connectivity index (χ0) is 9.14. The monoisotopic (exact) mass is 167 g/mol. The second-order valence-electron chi connectivity index (χ2n) is 3.33. The maximum Gasteiger partial charge on any atom is 0.227 e. The van der Waals surface area contributed by atoms with Crippen LogP contribution in [0.1, 0.15) is 26.7 Å². The molecule has 1 unspecified atom stereocenters. The zero-order valence-corrected chi connectivity index (χ0v) is 8.54. The number of nitrogens with zero attached hydrogens (tertiary/aromatic N) is 2. The van der Waals surface area contributed by atoms with Gasteiger partial charge in [-0.2, -0.15) is 0 Å². The zero-order valence-electron chi connectivity index (χ0n) is 8.54. The first-order chi connectivity index (χ1) is 5.70. The lowest BCUT2D eigenvalue weighted by Crippen LogP contribution is -2.41. The highest BCUT2D eigenvalue weighted by molar-refractivity contribution is 5.68. The molecule has 1 atom stereocenters. The molecule has 68 valence electrons. The van der Waals surface area contributed by atoms with Gasteiger partial charge in [0.2, 0.25) is 6.17 Å². The summed E-state index contributed by atoms with van der Waals surface area (Å²) in [5.74, 6) is 0. The van der Waals surface area contributed by atoms with Crippen molar-refractivity contribution < 1.29 is 4.58 Å². The summed E-state index contributed by atoms with van der Waals surface area (Å²) in [5, 5.41) is 0. The van der Waals surface area contributed by atoms with Gasteiger partial charge in [0.15, 0.2) is 6.21 Å². The van der Waals surface area contributed by atoms with Crippen molar-refractivity contribution in [3.05, 3.63) is 11.8 Å². The Labute approximate surface area is 75.2 Å². The summed E-state index contributed by atoms with van der Waals surface area (Å²) in [5.41, 5.74) is 1.43. The van der Waals surface area contributed by atoms with Crippen LogP contribution in [0.5, 0.6) is 0 Å². The molecular weight excluding hydrogens is 148 g/mol. The van der Waals surface area contributed by atoms with E-state index in [-0.39, 0.29) is 0 Å². The van der Waals surface area contributed by atoms with Crippen molar-refractivity contribution in [1.29, 1.82) is 0 Å². The summed E-state index contributed by atoms with van der Waals surface area (Å²) in [6.07, 6.45) is 7.21. The van der Waals surface area contributed by atoms with Crippen LogP contribution in [-0.2, 0) is 0 Å². The van der Waals surface area contributed by atoms with Gasteiger partial charge in [-0.25, -0.2) is 4.58 Å². The van der Waals surface area contributed by atoms with Crippen LogP contribution in [0.4, 0.5) is 0 Å². The van der Waals surface area contributed by atoms with Gasteiger partial charge < -0.3 is 4.90 Å². The molecule has 0 bridgehead atoms. The van der Waals surface area contributed by atoms with E-state index in [1.165, 1.54) is 12.1 Å². The molecule has 1 heterocycles. The summed E-state index contributed by atoms with van der Waals surface area (Å²) >= 11 is 0. The first-order valence-electron chi connectivity index (χ1n) is 4.69. The third-order valence-corrected chi connectivity index (χ3v) is 2.60. The molecule has 0 radical (unpaired) electrons. The van der Waals surface area contributed by atoms with Gasteiger partial charge in [-0.05, 0) is 6.42 Å². The summed E-state index contributed by atoms with van der Waals surface area (Å²) in [6, 6.07) is 0. The minimum absolute atomic E-state index is 0.546. The molecule has 0 N–H and O–H groups in total. The molecule has 0 aromatic rings. The average molecular weight is 167 g/mol. The van der Waals surface area contributed by atoms with Gasteiger partial charge in [-0.15, -0.1) is 0 Å². The number of allylic oxidation sites excluding steroid dienone is 2. The highest BCUT2D eigenvalue weighted by atomic mass is 15.3. The predicted octanol–water partition coefficient (Wildman–Crippen LogP) is 1.67. The molecule has 0 saturated heterocycles. The van der Waals surface area contributed by atoms with E-state index in [9.17, 15) is 0 Å². The number of hydrogen-bond acceptors (Lipinski definition) is 1. The Bertz CT molecular complexity index is 216. The molecule has 0 aliphatic carbocycles. The lowest BCUT2D eigenvalue weighted by molar-refractivity contribution is -0.559. The van der Waals surface area contributed by atoms with Crippen molar-refractivity contribution >= 4 is 6.21 Å².